The highest BCUT2D eigenvalue weighted by atomic mass is 19.1. The maximum atomic E-state index is 13.1. The maximum Gasteiger partial charge on any atom is 0.150 e. The molecule has 2 aromatic carbocycles. The number of carbonyl (C=O) groups is 1. The first kappa shape index (κ1) is 12.5. The number of hydrogen-bond acceptors (Lipinski definition) is 1. The fraction of sp³-hybridized carbons (Fsp3) is 0.188. The molecule has 0 spiro atoms. The quantitative estimate of drug-likeness (QED) is 0.720. The van der Waals surface area contributed by atoms with Crippen LogP contribution in [-0.4, -0.2) is 6.29 Å². The zero-order valence-corrected chi connectivity index (χ0v) is 10.8. The fourth-order valence-corrected chi connectivity index (χ4v) is 2.13. The Morgan fingerprint density at radius 3 is 2.22 bits per heavy atom. The van der Waals surface area contributed by atoms with Crippen LogP contribution in [0.4, 0.5) is 4.39 Å². The molecule has 0 N–H and O–H groups in total. The van der Waals surface area contributed by atoms with Crippen LogP contribution in [0.2, 0.25) is 0 Å². The normalized spacial score (nSPS) is 10.4. The van der Waals surface area contributed by atoms with Crippen LogP contribution in [0.1, 0.15) is 27.0 Å². The highest BCUT2D eigenvalue weighted by Crippen LogP contribution is 2.29. The zero-order chi connectivity index (χ0) is 13.3. The minimum absolute atomic E-state index is 0.387. The van der Waals surface area contributed by atoms with Crippen molar-refractivity contribution >= 4 is 6.29 Å². The topological polar surface area (TPSA) is 17.1 Å². The second-order valence-electron chi connectivity index (χ2n) is 4.60. The molecule has 0 saturated heterocycles. The largest absolute Gasteiger partial charge is 0.298 e. The molecule has 0 aliphatic carbocycles. The smallest absolute Gasteiger partial charge is 0.150 e. The standard InChI is InChI=1S/C16H15FO/c1-10-6-12(3)16(7-11(10)2)15-5-4-14(17)8-13(15)9-18/h4-9H,1-3H3. The predicted octanol–water partition coefficient (Wildman–Crippen LogP) is 4.23. The van der Waals surface area contributed by atoms with E-state index in [0.717, 1.165) is 22.3 Å². The van der Waals surface area contributed by atoms with Crippen molar-refractivity contribution in [1.82, 2.24) is 0 Å². The van der Waals surface area contributed by atoms with E-state index in [0.29, 0.717) is 11.8 Å². The van der Waals surface area contributed by atoms with Gasteiger partial charge in [-0.2, -0.15) is 0 Å². The second-order valence-corrected chi connectivity index (χ2v) is 4.60. The number of halogens is 1. The van der Waals surface area contributed by atoms with Crippen molar-refractivity contribution in [2.24, 2.45) is 0 Å². The number of rotatable bonds is 2. The first-order valence-corrected chi connectivity index (χ1v) is 5.86. The Bertz CT molecular complexity index is 615. The maximum absolute atomic E-state index is 13.1. The number of benzene rings is 2. The Labute approximate surface area is 106 Å². The van der Waals surface area contributed by atoms with E-state index in [1.165, 1.54) is 17.7 Å². The zero-order valence-electron chi connectivity index (χ0n) is 10.8. The molecule has 0 atom stereocenters. The van der Waals surface area contributed by atoms with Gasteiger partial charge in [0, 0.05) is 5.56 Å². The average Bonchev–Trinajstić information content (AvgIpc) is 2.34. The first-order valence-electron chi connectivity index (χ1n) is 5.86. The lowest BCUT2D eigenvalue weighted by Gasteiger charge is -2.12. The summed E-state index contributed by atoms with van der Waals surface area (Å²) in [6, 6.07) is 8.46. The molecule has 2 rings (SSSR count). The Morgan fingerprint density at radius 1 is 0.889 bits per heavy atom. The Balaban J connectivity index is 2.69. The highest BCUT2D eigenvalue weighted by molar-refractivity contribution is 5.88. The summed E-state index contributed by atoms with van der Waals surface area (Å²) in [7, 11) is 0. The molecular formula is C16H15FO. The molecule has 0 aliphatic rings. The number of aldehydes is 1. The number of hydrogen-bond donors (Lipinski definition) is 0. The third-order valence-electron chi connectivity index (χ3n) is 3.27. The molecule has 0 saturated carbocycles. The summed E-state index contributed by atoms with van der Waals surface area (Å²) in [5, 5.41) is 0. The van der Waals surface area contributed by atoms with E-state index < -0.39 is 0 Å². The molecule has 0 bridgehead atoms. The van der Waals surface area contributed by atoms with Gasteiger partial charge in [0.1, 0.15) is 5.82 Å². The van der Waals surface area contributed by atoms with Crippen molar-refractivity contribution in [3.8, 4) is 11.1 Å². The molecular weight excluding hydrogens is 227 g/mol. The first-order chi connectivity index (χ1) is 8.52. The summed E-state index contributed by atoms with van der Waals surface area (Å²) in [6.45, 7) is 6.08. The van der Waals surface area contributed by atoms with E-state index in [9.17, 15) is 9.18 Å². The summed E-state index contributed by atoms with van der Waals surface area (Å²) >= 11 is 0. The summed E-state index contributed by atoms with van der Waals surface area (Å²) in [5.74, 6) is -0.387. The monoisotopic (exact) mass is 242 g/mol. The van der Waals surface area contributed by atoms with E-state index in [1.807, 2.05) is 19.9 Å². The van der Waals surface area contributed by atoms with Gasteiger partial charge in [-0.05, 0) is 60.7 Å². The van der Waals surface area contributed by atoms with Crippen LogP contribution in [-0.2, 0) is 0 Å². The number of aryl methyl sites for hydroxylation is 3. The molecule has 0 unspecified atom stereocenters. The van der Waals surface area contributed by atoms with Crippen molar-refractivity contribution in [2.45, 2.75) is 20.8 Å². The van der Waals surface area contributed by atoms with E-state index in [1.54, 1.807) is 6.07 Å². The van der Waals surface area contributed by atoms with Crippen molar-refractivity contribution in [2.75, 3.05) is 0 Å². The molecule has 0 radical (unpaired) electrons. The number of carbonyl (C=O) groups excluding carboxylic acids is 1. The molecule has 0 aromatic heterocycles. The van der Waals surface area contributed by atoms with Gasteiger partial charge in [0.15, 0.2) is 6.29 Å². The lowest BCUT2D eigenvalue weighted by Crippen LogP contribution is -1.94. The van der Waals surface area contributed by atoms with Crippen molar-refractivity contribution in [3.63, 3.8) is 0 Å². The van der Waals surface area contributed by atoms with Crippen molar-refractivity contribution < 1.29 is 9.18 Å². The summed E-state index contributed by atoms with van der Waals surface area (Å²) in [5.41, 5.74) is 5.63. The lowest BCUT2D eigenvalue weighted by atomic mass is 9.93. The minimum atomic E-state index is -0.387. The van der Waals surface area contributed by atoms with Gasteiger partial charge in [-0.25, -0.2) is 4.39 Å². The lowest BCUT2D eigenvalue weighted by molar-refractivity contribution is 0.112. The van der Waals surface area contributed by atoms with Crippen LogP contribution >= 0.6 is 0 Å². The molecule has 18 heavy (non-hydrogen) atoms. The van der Waals surface area contributed by atoms with Gasteiger partial charge in [0.05, 0.1) is 0 Å². The van der Waals surface area contributed by atoms with Gasteiger partial charge in [-0.3, -0.25) is 4.79 Å². The minimum Gasteiger partial charge on any atom is -0.298 e. The molecule has 0 amide bonds. The van der Waals surface area contributed by atoms with Crippen molar-refractivity contribution in [3.05, 3.63) is 58.4 Å². The Kier molecular flexibility index (Phi) is 3.28. The second kappa shape index (κ2) is 4.73. The summed E-state index contributed by atoms with van der Waals surface area (Å²) < 4.78 is 13.1. The van der Waals surface area contributed by atoms with Crippen LogP contribution in [0.25, 0.3) is 11.1 Å². The van der Waals surface area contributed by atoms with E-state index in [2.05, 4.69) is 13.0 Å². The van der Waals surface area contributed by atoms with Crippen LogP contribution < -0.4 is 0 Å². The van der Waals surface area contributed by atoms with Gasteiger partial charge in [-0.1, -0.05) is 18.2 Å². The van der Waals surface area contributed by atoms with E-state index in [4.69, 9.17) is 0 Å². The van der Waals surface area contributed by atoms with Crippen LogP contribution in [0.5, 0.6) is 0 Å². The molecule has 2 aromatic rings. The highest BCUT2D eigenvalue weighted by Gasteiger charge is 2.09. The van der Waals surface area contributed by atoms with Crippen molar-refractivity contribution in [1.29, 1.82) is 0 Å². The van der Waals surface area contributed by atoms with Gasteiger partial charge >= 0.3 is 0 Å². The molecule has 92 valence electrons. The predicted molar refractivity (Wildman–Crippen MR) is 71.4 cm³/mol. The molecule has 2 heteroatoms. The Morgan fingerprint density at radius 2 is 1.56 bits per heavy atom. The molecule has 1 nitrogen and oxygen atoms in total. The third kappa shape index (κ3) is 2.19. The molecule has 0 fully saturated rings. The van der Waals surface area contributed by atoms with Crippen LogP contribution in [0.15, 0.2) is 30.3 Å². The SMILES string of the molecule is Cc1cc(C)c(-c2ccc(F)cc2C=O)cc1C. The molecule has 0 aliphatic heterocycles. The van der Waals surface area contributed by atoms with Gasteiger partial charge in [0.25, 0.3) is 0 Å². The van der Waals surface area contributed by atoms with Crippen LogP contribution in [0, 0.1) is 26.6 Å². The van der Waals surface area contributed by atoms with E-state index >= 15 is 0 Å². The van der Waals surface area contributed by atoms with Gasteiger partial charge < -0.3 is 0 Å². The van der Waals surface area contributed by atoms with Gasteiger partial charge in [0.2, 0.25) is 0 Å². The fourth-order valence-electron chi connectivity index (χ4n) is 2.13. The third-order valence-corrected chi connectivity index (χ3v) is 3.27. The average molecular weight is 242 g/mol. The van der Waals surface area contributed by atoms with Crippen LogP contribution in [0.3, 0.4) is 0 Å². The van der Waals surface area contributed by atoms with Gasteiger partial charge in [-0.15, -0.1) is 0 Å². The Hall–Kier alpha value is -1.96. The van der Waals surface area contributed by atoms with E-state index in [-0.39, 0.29) is 5.82 Å². The summed E-state index contributed by atoms with van der Waals surface area (Å²) in [4.78, 5) is 11.0. The summed E-state index contributed by atoms with van der Waals surface area (Å²) in [6.07, 6.45) is 0.701. The molecule has 0 heterocycles.